The first-order valence-corrected chi connectivity index (χ1v) is 8.50. The van der Waals surface area contributed by atoms with E-state index in [9.17, 15) is 4.39 Å². The standard InChI is InChI=1S/C19H21FN2O3/c1-13-8-15(6-7-21-13)22-9-18-19(10-22)24-12-17(11-23-18)25-16-4-2-14(20)3-5-16/h2-8,17-19H,9-12H2,1H3/t18-,19-/m0/s1. The van der Waals surface area contributed by atoms with E-state index in [1.807, 2.05) is 19.2 Å². The fraction of sp³-hybridized carbons (Fsp3) is 0.421. The van der Waals surface area contributed by atoms with Crippen LogP contribution in [0.3, 0.4) is 0 Å². The number of hydrogen-bond acceptors (Lipinski definition) is 5. The minimum absolute atomic E-state index is 0.0234. The maximum atomic E-state index is 13.0. The van der Waals surface area contributed by atoms with Gasteiger partial charge in [0.15, 0.2) is 0 Å². The molecule has 5 nitrogen and oxygen atoms in total. The zero-order chi connectivity index (χ0) is 17.2. The molecular formula is C19H21FN2O3. The highest BCUT2D eigenvalue weighted by Gasteiger charge is 2.38. The van der Waals surface area contributed by atoms with Gasteiger partial charge in [-0.05, 0) is 43.3 Å². The summed E-state index contributed by atoms with van der Waals surface area (Å²) in [4.78, 5) is 6.51. The van der Waals surface area contributed by atoms with E-state index in [-0.39, 0.29) is 24.1 Å². The zero-order valence-corrected chi connectivity index (χ0v) is 14.1. The van der Waals surface area contributed by atoms with Crippen molar-refractivity contribution < 1.29 is 18.6 Å². The summed E-state index contributed by atoms with van der Waals surface area (Å²) < 4.78 is 30.9. The highest BCUT2D eigenvalue weighted by atomic mass is 19.1. The summed E-state index contributed by atoms with van der Waals surface area (Å²) in [6.45, 7) is 4.49. The van der Waals surface area contributed by atoms with E-state index < -0.39 is 0 Å². The van der Waals surface area contributed by atoms with E-state index >= 15 is 0 Å². The lowest BCUT2D eigenvalue weighted by atomic mass is 10.3. The van der Waals surface area contributed by atoms with Crippen LogP contribution in [0.1, 0.15) is 5.69 Å². The van der Waals surface area contributed by atoms with Crippen molar-refractivity contribution in [2.45, 2.75) is 25.2 Å². The van der Waals surface area contributed by atoms with Gasteiger partial charge in [-0.1, -0.05) is 0 Å². The van der Waals surface area contributed by atoms with Gasteiger partial charge in [-0.3, -0.25) is 4.98 Å². The van der Waals surface area contributed by atoms with Crippen molar-refractivity contribution in [1.82, 2.24) is 4.98 Å². The number of anilines is 1. The quantitative estimate of drug-likeness (QED) is 0.856. The molecule has 0 unspecified atom stereocenters. The van der Waals surface area contributed by atoms with E-state index in [1.165, 1.54) is 12.1 Å². The molecule has 25 heavy (non-hydrogen) atoms. The Hall–Kier alpha value is -2.18. The number of fused-ring (bicyclic) bond motifs is 1. The summed E-state index contributed by atoms with van der Waals surface area (Å²) in [5, 5.41) is 0. The van der Waals surface area contributed by atoms with Crippen LogP contribution in [0.4, 0.5) is 10.1 Å². The zero-order valence-electron chi connectivity index (χ0n) is 14.1. The lowest BCUT2D eigenvalue weighted by Gasteiger charge is -2.21. The van der Waals surface area contributed by atoms with Crippen LogP contribution in [0.2, 0.25) is 0 Å². The Labute approximate surface area is 146 Å². The topological polar surface area (TPSA) is 43.8 Å². The predicted molar refractivity (Wildman–Crippen MR) is 91.5 cm³/mol. The molecule has 0 bridgehead atoms. The number of aromatic nitrogens is 1. The van der Waals surface area contributed by atoms with Crippen LogP contribution in [0, 0.1) is 12.7 Å². The summed E-state index contributed by atoms with van der Waals surface area (Å²) in [6.07, 6.45) is 1.69. The Morgan fingerprint density at radius 1 is 1.08 bits per heavy atom. The predicted octanol–water partition coefficient (Wildman–Crippen LogP) is 2.58. The summed E-state index contributed by atoms with van der Waals surface area (Å²) in [5.74, 6) is 0.348. The molecule has 0 aliphatic carbocycles. The lowest BCUT2D eigenvalue weighted by molar-refractivity contribution is -0.00461. The van der Waals surface area contributed by atoms with Gasteiger partial charge in [-0.2, -0.15) is 0 Å². The Kier molecular flexibility index (Phi) is 4.55. The molecule has 3 heterocycles. The minimum atomic E-state index is -0.276. The number of pyridine rings is 1. The Bertz CT molecular complexity index is 709. The summed E-state index contributed by atoms with van der Waals surface area (Å²) in [5.41, 5.74) is 2.14. The first kappa shape index (κ1) is 16.3. The number of hydrogen-bond donors (Lipinski definition) is 0. The van der Waals surface area contributed by atoms with Crippen molar-refractivity contribution in [3.8, 4) is 5.75 Å². The lowest BCUT2D eigenvalue weighted by Crippen LogP contribution is -2.29. The van der Waals surface area contributed by atoms with E-state index in [0.29, 0.717) is 19.0 Å². The number of halogens is 1. The first-order chi connectivity index (χ1) is 12.2. The highest BCUT2D eigenvalue weighted by molar-refractivity contribution is 5.48. The van der Waals surface area contributed by atoms with Crippen LogP contribution in [0.25, 0.3) is 0 Å². The van der Waals surface area contributed by atoms with Crippen LogP contribution in [0.15, 0.2) is 42.6 Å². The van der Waals surface area contributed by atoms with Crippen molar-refractivity contribution in [1.29, 1.82) is 0 Å². The van der Waals surface area contributed by atoms with Gasteiger partial charge in [0.1, 0.15) is 29.9 Å². The van der Waals surface area contributed by atoms with Gasteiger partial charge in [0.05, 0.1) is 13.2 Å². The SMILES string of the molecule is Cc1cc(N2C[C@@H]3OCC(Oc4ccc(F)cc4)CO[C@H]3C2)ccn1. The molecule has 1 aromatic heterocycles. The molecule has 2 fully saturated rings. The molecule has 2 aliphatic heterocycles. The second kappa shape index (κ2) is 6.98. The minimum Gasteiger partial charge on any atom is -0.486 e. The third kappa shape index (κ3) is 3.75. The molecule has 0 N–H and O–H groups in total. The Morgan fingerprint density at radius 3 is 2.40 bits per heavy atom. The summed E-state index contributed by atoms with van der Waals surface area (Å²) in [7, 11) is 0. The molecule has 2 aromatic rings. The van der Waals surface area contributed by atoms with Crippen molar-refractivity contribution >= 4 is 5.69 Å². The molecule has 0 radical (unpaired) electrons. The number of rotatable bonds is 3. The molecule has 0 saturated carbocycles. The third-order valence-corrected chi connectivity index (χ3v) is 4.57. The molecule has 1 aromatic carbocycles. The summed E-state index contributed by atoms with van der Waals surface area (Å²) >= 11 is 0. The average Bonchev–Trinajstić information content (AvgIpc) is 2.94. The second-order valence-corrected chi connectivity index (χ2v) is 6.50. The van der Waals surface area contributed by atoms with E-state index in [1.54, 1.807) is 12.1 Å². The van der Waals surface area contributed by atoms with Gasteiger partial charge >= 0.3 is 0 Å². The second-order valence-electron chi connectivity index (χ2n) is 6.50. The number of benzene rings is 1. The van der Waals surface area contributed by atoms with Gasteiger partial charge in [-0.25, -0.2) is 4.39 Å². The number of aryl methyl sites for hydroxylation is 1. The maximum absolute atomic E-state index is 13.0. The van der Waals surface area contributed by atoms with Gasteiger partial charge in [0.2, 0.25) is 0 Å². The maximum Gasteiger partial charge on any atom is 0.145 e. The Balaban J connectivity index is 1.36. The molecule has 6 heteroatoms. The third-order valence-electron chi connectivity index (χ3n) is 4.57. The molecular weight excluding hydrogens is 323 g/mol. The van der Waals surface area contributed by atoms with Crippen LogP contribution in [-0.2, 0) is 9.47 Å². The van der Waals surface area contributed by atoms with Gasteiger partial charge in [-0.15, -0.1) is 0 Å². The van der Waals surface area contributed by atoms with E-state index in [2.05, 4.69) is 16.0 Å². The van der Waals surface area contributed by atoms with Crippen molar-refractivity contribution in [3.05, 3.63) is 54.1 Å². The summed E-state index contributed by atoms with van der Waals surface area (Å²) in [6, 6.07) is 10.1. The first-order valence-electron chi connectivity index (χ1n) is 8.50. The monoisotopic (exact) mass is 344 g/mol. The number of nitrogens with zero attached hydrogens (tertiary/aromatic N) is 2. The van der Waals surface area contributed by atoms with Gasteiger partial charge < -0.3 is 19.1 Å². The van der Waals surface area contributed by atoms with E-state index in [0.717, 1.165) is 24.5 Å². The molecule has 2 saturated heterocycles. The Morgan fingerprint density at radius 2 is 1.76 bits per heavy atom. The smallest absolute Gasteiger partial charge is 0.145 e. The van der Waals surface area contributed by atoms with Crippen molar-refractivity contribution in [3.63, 3.8) is 0 Å². The fourth-order valence-electron chi connectivity index (χ4n) is 3.29. The van der Waals surface area contributed by atoms with Gasteiger partial charge in [0, 0.05) is 30.7 Å². The van der Waals surface area contributed by atoms with Crippen LogP contribution >= 0.6 is 0 Å². The van der Waals surface area contributed by atoms with Crippen LogP contribution in [-0.4, -0.2) is 49.6 Å². The molecule has 4 rings (SSSR count). The highest BCUT2D eigenvalue weighted by Crippen LogP contribution is 2.26. The van der Waals surface area contributed by atoms with E-state index in [4.69, 9.17) is 14.2 Å². The largest absolute Gasteiger partial charge is 0.486 e. The van der Waals surface area contributed by atoms with Crippen LogP contribution in [0.5, 0.6) is 5.75 Å². The molecule has 2 aliphatic rings. The molecule has 132 valence electrons. The normalized spacial score (nSPS) is 24.0. The average molecular weight is 344 g/mol. The molecule has 2 atom stereocenters. The van der Waals surface area contributed by atoms with Crippen LogP contribution < -0.4 is 9.64 Å². The fourth-order valence-corrected chi connectivity index (χ4v) is 3.29. The molecule has 0 spiro atoms. The van der Waals surface area contributed by atoms with Crippen molar-refractivity contribution in [2.24, 2.45) is 0 Å². The molecule has 0 amide bonds. The van der Waals surface area contributed by atoms with Crippen molar-refractivity contribution in [2.75, 3.05) is 31.2 Å². The number of ether oxygens (including phenoxy) is 3. The van der Waals surface area contributed by atoms with Gasteiger partial charge in [0.25, 0.3) is 0 Å².